The summed E-state index contributed by atoms with van der Waals surface area (Å²) >= 11 is 0. The molecule has 5 nitrogen and oxygen atoms in total. The fraction of sp³-hybridized carbons (Fsp3) is 0.833. The van der Waals surface area contributed by atoms with Crippen molar-refractivity contribution in [3.05, 3.63) is 11.8 Å². The first-order valence-electron chi connectivity index (χ1n) is 6.41. The van der Waals surface area contributed by atoms with E-state index in [2.05, 4.69) is 29.4 Å². The lowest BCUT2D eigenvalue weighted by molar-refractivity contribution is 0.133. The van der Waals surface area contributed by atoms with Crippen LogP contribution in [0.25, 0.3) is 0 Å². The zero-order valence-electron chi connectivity index (χ0n) is 11.0. The number of aromatic nitrogens is 2. The Morgan fingerprint density at radius 2 is 2.06 bits per heavy atom. The van der Waals surface area contributed by atoms with Crippen LogP contribution in [-0.4, -0.2) is 30.0 Å². The van der Waals surface area contributed by atoms with Crippen molar-refractivity contribution in [3.63, 3.8) is 0 Å². The van der Waals surface area contributed by atoms with Crippen LogP contribution in [0.3, 0.4) is 0 Å². The van der Waals surface area contributed by atoms with Crippen molar-refractivity contribution >= 4 is 0 Å². The maximum absolute atomic E-state index is 5.56. The topological polar surface area (TPSA) is 60.2 Å². The van der Waals surface area contributed by atoms with Gasteiger partial charge in [0.15, 0.2) is 0 Å². The molecule has 0 bridgehead atoms. The van der Waals surface area contributed by atoms with Crippen molar-refractivity contribution in [1.82, 2.24) is 15.5 Å². The summed E-state index contributed by atoms with van der Waals surface area (Å²) < 4.78 is 10.9. The molecular formula is C12H23N3O2. The number of hydrogen-bond donors (Lipinski definition) is 1. The third-order valence-corrected chi connectivity index (χ3v) is 2.36. The molecule has 0 radical (unpaired) electrons. The summed E-state index contributed by atoms with van der Waals surface area (Å²) in [4.78, 5) is 0. The van der Waals surface area contributed by atoms with Crippen LogP contribution >= 0.6 is 0 Å². The van der Waals surface area contributed by atoms with Gasteiger partial charge in [-0.25, -0.2) is 0 Å². The van der Waals surface area contributed by atoms with E-state index in [0.717, 1.165) is 26.0 Å². The molecule has 17 heavy (non-hydrogen) atoms. The van der Waals surface area contributed by atoms with Crippen LogP contribution in [0, 0.1) is 0 Å². The summed E-state index contributed by atoms with van der Waals surface area (Å²) in [6.45, 7) is 8.64. The third kappa shape index (κ3) is 5.28. The first-order chi connectivity index (χ1) is 8.27. The first-order valence-corrected chi connectivity index (χ1v) is 6.41. The zero-order valence-corrected chi connectivity index (χ0v) is 11.0. The molecule has 0 aromatic carbocycles. The number of hydrogen-bond acceptors (Lipinski definition) is 5. The van der Waals surface area contributed by atoms with E-state index in [4.69, 9.17) is 9.15 Å². The molecule has 0 spiro atoms. The largest absolute Gasteiger partial charge is 0.423 e. The fourth-order valence-corrected chi connectivity index (χ4v) is 1.40. The Hall–Kier alpha value is -0.940. The van der Waals surface area contributed by atoms with Gasteiger partial charge in [0.2, 0.25) is 11.8 Å². The molecule has 0 aliphatic rings. The lowest BCUT2D eigenvalue weighted by atomic mass is 10.3. The smallest absolute Gasteiger partial charge is 0.233 e. The molecule has 0 aliphatic carbocycles. The molecule has 0 fully saturated rings. The van der Waals surface area contributed by atoms with E-state index in [-0.39, 0.29) is 6.04 Å². The number of rotatable bonds is 9. The lowest BCUT2D eigenvalue weighted by Gasteiger charge is -2.07. The summed E-state index contributed by atoms with van der Waals surface area (Å²) in [5.74, 6) is 1.31. The SMILES string of the molecule is CCCNC(C)c1nnc(CCOCCC)o1. The molecule has 1 rings (SSSR count). The fourth-order valence-electron chi connectivity index (χ4n) is 1.40. The lowest BCUT2D eigenvalue weighted by Crippen LogP contribution is -2.19. The average molecular weight is 241 g/mol. The van der Waals surface area contributed by atoms with Gasteiger partial charge in [-0.3, -0.25) is 0 Å². The molecule has 5 heteroatoms. The van der Waals surface area contributed by atoms with Crippen molar-refractivity contribution < 1.29 is 9.15 Å². The predicted molar refractivity (Wildman–Crippen MR) is 65.8 cm³/mol. The third-order valence-electron chi connectivity index (χ3n) is 2.36. The minimum Gasteiger partial charge on any atom is -0.423 e. The van der Waals surface area contributed by atoms with Crippen LogP contribution in [0.15, 0.2) is 4.42 Å². The maximum Gasteiger partial charge on any atom is 0.233 e. The average Bonchev–Trinajstić information content (AvgIpc) is 2.80. The molecule has 1 N–H and O–H groups in total. The minimum absolute atomic E-state index is 0.118. The number of ether oxygens (including phenoxy) is 1. The van der Waals surface area contributed by atoms with E-state index in [1.807, 2.05) is 6.92 Å². The van der Waals surface area contributed by atoms with E-state index in [9.17, 15) is 0 Å². The highest BCUT2D eigenvalue weighted by molar-refractivity contribution is 4.88. The van der Waals surface area contributed by atoms with Gasteiger partial charge in [0.25, 0.3) is 0 Å². The highest BCUT2D eigenvalue weighted by Gasteiger charge is 2.12. The summed E-state index contributed by atoms with van der Waals surface area (Å²) in [5.41, 5.74) is 0. The quantitative estimate of drug-likeness (QED) is 0.671. The molecule has 0 aliphatic heterocycles. The normalized spacial score (nSPS) is 12.9. The minimum atomic E-state index is 0.118. The number of nitrogens with one attached hydrogen (secondary N) is 1. The van der Waals surface area contributed by atoms with E-state index in [1.165, 1.54) is 0 Å². The molecule has 1 aromatic rings. The van der Waals surface area contributed by atoms with Crippen molar-refractivity contribution in [3.8, 4) is 0 Å². The van der Waals surface area contributed by atoms with Gasteiger partial charge in [0, 0.05) is 13.0 Å². The Bertz CT molecular complexity index is 302. The van der Waals surface area contributed by atoms with Crippen LogP contribution < -0.4 is 5.32 Å². The Morgan fingerprint density at radius 1 is 1.24 bits per heavy atom. The molecule has 98 valence electrons. The molecule has 1 atom stereocenters. The standard InChI is InChI=1S/C12H23N3O2/c1-4-7-13-10(3)12-15-14-11(17-12)6-9-16-8-5-2/h10,13H,4-9H2,1-3H3. The predicted octanol–water partition coefficient (Wildman–Crippen LogP) is 2.10. The van der Waals surface area contributed by atoms with Gasteiger partial charge < -0.3 is 14.5 Å². The van der Waals surface area contributed by atoms with Gasteiger partial charge >= 0.3 is 0 Å². The highest BCUT2D eigenvalue weighted by atomic mass is 16.5. The van der Waals surface area contributed by atoms with Crippen LogP contribution in [-0.2, 0) is 11.2 Å². The summed E-state index contributed by atoms with van der Waals surface area (Å²) in [6, 6.07) is 0.118. The van der Waals surface area contributed by atoms with Gasteiger partial charge in [-0.15, -0.1) is 10.2 Å². The van der Waals surface area contributed by atoms with Crippen LogP contribution in [0.5, 0.6) is 0 Å². The van der Waals surface area contributed by atoms with Crippen molar-refractivity contribution in [1.29, 1.82) is 0 Å². The maximum atomic E-state index is 5.56. The molecule has 0 saturated carbocycles. The molecular weight excluding hydrogens is 218 g/mol. The van der Waals surface area contributed by atoms with Gasteiger partial charge in [-0.1, -0.05) is 13.8 Å². The second-order valence-corrected chi connectivity index (χ2v) is 4.07. The molecule has 1 unspecified atom stereocenters. The van der Waals surface area contributed by atoms with Gasteiger partial charge in [0.05, 0.1) is 12.6 Å². The van der Waals surface area contributed by atoms with Crippen molar-refractivity contribution in [2.75, 3.05) is 19.8 Å². The van der Waals surface area contributed by atoms with E-state index >= 15 is 0 Å². The summed E-state index contributed by atoms with van der Waals surface area (Å²) in [6.07, 6.45) is 2.82. The summed E-state index contributed by atoms with van der Waals surface area (Å²) in [7, 11) is 0. The Morgan fingerprint density at radius 3 is 2.76 bits per heavy atom. The first kappa shape index (κ1) is 14.1. The highest BCUT2D eigenvalue weighted by Crippen LogP contribution is 2.10. The molecule has 0 amide bonds. The molecule has 1 aromatic heterocycles. The Kier molecular flexibility index (Phi) is 6.81. The Labute approximate surface area is 103 Å². The van der Waals surface area contributed by atoms with Gasteiger partial charge in [-0.2, -0.15) is 0 Å². The molecule has 0 saturated heterocycles. The number of nitrogens with zero attached hydrogens (tertiary/aromatic N) is 2. The van der Waals surface area contributed by atoms with Crippen molar-refractivity contribution in [2.45, 2.75) is 46.1 Å². The van der Waals surface area contributed by atoms with E-state index in [1.54, 1.807) is 0 Å². The van der Waals surface area contributed by atoms with Crippen LogP contribution in [0.2, 0.25) is 0 Å². The second-order valence-electron chi connectivity index (χ2n) is 4.07. The van der Waals surface area contributed by atoms with Crippen LogP contribution in [0.1, 0.15) is 51.4 Å². The van der Waals surface area contributed by atoms with Crippen LogP contribution in [0.4, 0.5) is 0 Å². The zero-order chi connectivity index (χ0) is 12.5. The Balaban J connectivity index is 2.31. The van der Waals surface area contributed by atoms with E-state index < -0.39 is 0 Å². The molecule has 1 heterocycles. The van der Waals surface area contributed by atoms with Gasteiger partial charge in [-0.05, 0) is 26.3 Å². The second kappa shape index (κ2) is 8.20. The monoisotopic (exact) mass is 241 g/mol. The summed E-state index contributed by atoms with van der Waals surface area (Å²) in [5, 5.41) is 11.4. The van der Waals surface area contributed by atoms with Gasteiger partial charge in [0.1, 0.15) is 0 Å². The van der Waals surface area contributed by atoms with Crippen molar-refractivity contribution in [2.24, 2.45) is 0 Å². The van der Waals surface area contributed by atoms with E-state index in [0.29, 0.717) is 24.8 Å².